The Morgan fingerprint density at radius 2 is 1.59 bits per heavy atom. The zero-order valence-electron chi connectivity index (χ0n) is 18.9. The molecule has 0 bridgehead atoms. The minimum atomic E-state index is -0.557. The molecule has 0 saturated heterocycles. The van der Waals surface area contributed by atoms with Crippen LogP contribution >= 0.6 is 0 Å². The molecule has 2 aromatic carbocycles. The van der Waals surface area contributed by atoms with Crippen molar-refractivity contribution in [2.75, 3.05) is 35.0 Å². The van der Waals surface area contributed by atoms with Gasteiger partial charge in [-0.2, -0.15) is 0 Å². The van der Waals surface area contributed by atoms with Gasteiger partial charge in [-0.1, -0.05) is 19.4 Å². The molecule has 0 aliphatic carbocycles. The number of methoxy groups -OCH3 is 4. The third-order valence-electron chi connectivity index (χ3n) is 4.78. The second-order valence-corrected chi connectivity index (χ2v) is 6.86. The number of cyclic esters (lactones) is 1. The van der Waals surface area contributed by atoms with Crippen LogP contribution in [0.1, 0.15) is 30.9 Å². The molecular weight excluding hydrogens is 414 g/mol. The monoisotopic (exact) mass is 441 g/mol. The van der Waals surface area contributed by atoms with Gasteiger partial charge in [-0.05, 0) is 42.3 Å². The summed E-state index contributed by atoms with van der Waals surface area (Å²) < 4.78 is 32.6. The lowest BCUT2D eigenvalue weighted by Gasteiger charge is -2.13. The fraction of sp³-hybridized carbons (Fsp3) is 0.333. The molecule has 1 heterocycles. The average molecular weight is 441 g/mol. The Labute approximate surface area is 187 Å². The van der Waals surface area contributed by atoms with E-state index < -0.39 is 5.97 Å². The molecule has 0 atom stereocenters. The van der Waals surface area contributed by atoms with E-state index in [1.807, 2.05) is 12.1 Å². The van der Waals surface area contributed by atoms with Crippen molar-refractivity contribution in [3.63, 3.8) is 0 Å². The standard InChI is InChI=1S/C24H27NO7/c1-6-7-10-31-19-12-15(8-9-18(19)27-2)11-17-24(26)32-23(25-17)16-13-20(28-3)22(30-5)21(14-16)29-4/h8-9,11-14H,6-7,10H2,1-5H3/b17-11-. The van der Waals surface area contributed by atoms with Crippen molar-refractivity contribution in [2.24, 2.45) is 4.99 Å². The number of unbranched alkanes of at least 4 members (excludes halogenated alkanes) is 1. The van der Waals surface area contributed by atoms with Crippen molar-refractivity contribution >= 4 is 17.9 Å². The first kappa shape index (κ1) is 23.0. The molecule has 0 saturated carbocycles. The molecule has 0 aromatic heterocycles. The summed E-state index contributed by atoms with van der Waals surface area (Å²) in [7, 11) is 6.13. The smallest absolute Gasteiger partial charge is 0.363 e. The quantitative estimate of drug-likeness (QED) is 0.310. The molecule has 0 N–H and O–H groups in total. The number of ether oxygens (including phenoxy) is 6. The Morgan fingerprint density at radius 1 is 0.906 bits per heavy atom. The van der Waals surface area contributed by atoms with Crippen LogP contribution in [0.5, 0.6) is 28.7 Å². The fourth-order valence-electron chi connectivity index (χ4n) is 3.12. The second kappa shape index (κ2) is 10.6. The summed E-state index contributed by atoms with van der Waals surface area (Å²) in [6.45, 7) is 2.68. The molecule has 8 heteroatoms. The lowest BCUT2D eigenvalue weighted by atomic mass is 10.1. The Kier molecular flexibility index (Phi) is 7.59. The van der Waals surface area contributed by atoms with Gasteiger partial charge >= 0.3 is 5.97 Å². The zero-order chi connectivity index (χ0) is 23.1. The summed E-state index contributed by atoms with van der Waals surface area (Å²) in [6.07, 6.45) is 3.60. The predicted octanol–water partition coefficient (Wildman–Crippen LogP) is 4.24. The minimum Gasteiger partial charge on any atom is -0.493 e. The summed E-state index contributed by atoms with van der Waals surface area (Å²) in [5.41, 5.74) is 1.42. The molecule has 0 amide bonds. The first-order valence-electron chi connectivity index (χ1n) is 10.2. The van der Waals surface area contributed by atoms with E-state index in [9.17, 15) is 4.79 Å². The summed E-state index contributed by atoms with van der Waals surface area (Å²) >= 11 is 0. The zero-order valence-corrected chi connectivity index (χ0v) is 18.9. The normalized spacial score (nSPS) is 14.1. The van der Waals surface area contributed by atoms with Gasteiger partial charge in [0.1, 0.15) is 0 Å². The third kappa shape index (κ3) is 4.96. The van der Waals surface area contributed by atoms with E-state index in [-0.39, 0.29) is 11.6 Å². The van der Waals surface area contributed by atoms with E-state index in [2.05, 4.69) is 11.9 Å². The second-order valence-electron chi connectivity index (χ2n) is 6.86. The van der Waals surface area contributed by atoms with Gasteiger partial charge in [-0.3, -0.25) is 0 Å². The molecule has 0 fully saturated rings. The van der Waals surface area contributed by atoms with Crippen LogP contribution in [0.3, 0.4) is 0 Å². The third-order valence-corrected chi connectivity index (χ3v) is 4.78. The highest BCUT2D eigenvalue weighted by Gasteiger charge is 2.26. The maximum Gasteiger partial charge on any atom is 0.363 e. The van der Waals surface area contributed by atoms with Gasteiger partial charge in [-0.25, -0.2) is 9.79 Å². The molecule has 2 aromatic rings. The van der Waals surface area contributed by atoms with Gasteiger partial charge in [0.05, 0.1) is 35.0 Å². The maximum absolute atomic E-state index is 12.5. The Balaban J connectivity index is 1.93. The van der Waals surface area contributed by atoms with Crippen molar-refractivity contribution < 1.29 is 33.2 Å². The van der Waals surface area contributed by atoms with Crippen LogP contribution in [0.4, 0.5) is 0 Å². The van der Waals surface area contributed by atoms with E-state index in [1.165, 1.54) is 21.3 Å². The molecule has 3 rings (SSSR count). The Morgan fingerprint density at radius 3 is 2.19 bits per heavy atom. The number of hydrogen-bond acceptors (Lipinski definition) is 8. The molecule has 0 radical (unpaired) electrons. The van der Waals surface area contributed by atoms with Crippen molar-refractivity contribution in [1.29, 1.82) is 0 Å². The number of hydrogen-bond donors (Lipinski definition) is 0. The van der Waals surface area contributed by atoms with Gasteiger partial charge in [-0.15, -0.1) is 0 Å². The van der Waals surface area contributed by atoms with Gasteiger partial charge in [0.15, 0.2) is 28.7 Å². The average Bonchev–Trinajstić information content (AvgIpc) is 3.18. The van der Waals surface area contributed by atoms with Crippen molar-refractivity contribution in [3.8, 4) is 28.7 Å². The molecule has 1 aliphatic rings. The number of esters is 1. The maximum atomic E-state index is 12.5. The molecule has 0 spiro atoms. The molecule has 32 heavy (non-hydrogen) atoms. The van der Waals surface area contributed by atoms with Crippen LogP contribution in [0.25, 0.3) is 6.08 Å². The number of nitrogens with zero attached hydrogens (tertiary/aromatic N) is 1. The van der Waals surface area contributed by atoms with Crippen LogP contribution in [0, 0.1) is 0 Å². The number of carbonyl (C=O) groups excluding carboxylic acids is 1. The molecule has 8 nitrogen and oxygen atoms in total. The molecule has 170 valence electrons. The van der Waals surface area contributed by atoms with E-state index >= 15 is 0 Å². The molecule has 0 unspecified atom stereocenters. The predicted molar refractivity (Wildman–Crippen MR) is 120 cm³/mol. The van der Waals surface area contributed by atoms with Crippen LogP contribution in [0.2, 0.25) is 0 Å². The van der Waals surface area contributed by atoms with Gasteiger partial charge in [0.25, 0.3) is 0 Å². The minimum absolute atomic E-state index is 0.147. The highest BCUT2D eigenvalue weighted by molar-refractivity contribution is 6.13. The number of rotatable bonds is 10. The van der Waals surface area contributed by atoms with Crippen LogP contribution in [-0.2, 0) is 9.53 Å². The van der Waals surface area contributed by atoms with E-state index in [1.54, 1.807) is 31.4 Å². The fourth-order valence-corrected chi connectivity index (χ4v) is 3.12. The first-order valence-corrected chi connectivity index (χ1v) is 10.2. The molecule has 1 aliphatic heterocycles. The van der Waals surface area contributed by atoms with Crippen molar-refractivity contribution in [2.45, 2.75) is 19.8 Å². The lowest BCUT2D eigenvalue weighted by Crippen LogP contribution is -2.07. The van der Waals surface area contributed by atoms with Gasteiger partial charge in [0.2, 0.25) is 11.6 Å². The van der Waals surface area contributed by atoms with E-state index in [0.717, 1.165) is 18.4 Å². The summed E-state index contributed by atoms with van der Waals surface area (Å²) in [5.74, 6) is 2.12. The van der Waals surface area contributed by atoms with Gasteiger partial charge < -0.3 is 28.4 Å². The highest BCUT2D eigenvalue weighted by atomic mass is 16.6. The lowest BCUT2D eigenvalue weighted by molar-refractivity contribution is -0.129. The molecular formula is C24H27NO7. The summed E-state index contributed by atoms with van der Waals surface area (Å²) in [5, 5.41) is 0. The summed E-state index contributed by atoms with van der Waals surface area (Å²) in [6, 6.07) is 8.76. The summed E-state index contributed by atoms with van der Waals surface area (Å²) in [4.78, 5) is 16.8. The van der Waals surface area contributed by atoms with Crippen molar-refractivity contribution in [1.82, 2.24) is 0 Å². The van der Waals surface area contributed by atoms with Crippen LogP contribution < -0.4 is 23.7 Å². The first-order chi connectivity index (χ1) is 15.5. The number of carbonyl (C=O) groups is 1. The SMILES string of the molecule is CCCCOc1cc(/C=C2\N=C(c3cc(OC)c(OC)c(OC)c3)OC2=O)ccc1OC. The van der Waals surface area contributed by atoms with Crippen LogP contribution in [-0.4, -0.2) is 46.9 Å². The van der Waals surface area contributed by atoms with Crippen LogP contribution in [0.15, 0.2) is 41.0 Å². The number of aliphatic imine (C=N–C) groups is 1. The topological polar surface area (TPSA) is 84.8 Å². The Hall–Kier alpha value is -3.68. The van der Waals surface area contributed by atoms with Gasteiger partial charge in [0, 0.05) is 5.56 Å². The van der Waals surface area contributed by atoms with Crippen molar-refractivity contribution in [3.05, 3.63) is 47.2 Å². The number of benzene rings is 2. The highest BCUT2D eigenvalue weighted by Crippen LogP contribution is 2.39. The largest absolute Gasteiger partial charge is 0.493 e. The van der Waals surface area contributed by atoms with E-state index in [4.69, 9.17) is 28.4 Å². The Bertz CT molecular complexity index is 1020. The van der Waals surface area contributed by atoms with E-state index in [0.29, 0.717) is 40.9 Å².